The van der Waals surface area contributed by atoms with Gasteiger partial charge in [-0.25, -0.2) is 17.9 Å². The van der Waals surface area contributed by atoms with Gasteiger partial charge in [0, 0.05) is 6.20 Å². The van der Waals surface area contributed by atoms with Crippen LogP contribution in [0, 0.1) is 0 Å². The molecule has 0 spiro atoms. The van der Waals surface area contributed by atoms with Crippen LogP contribution in [-0.4, -0.2) is 29.7 Å². The largest absolute Gasteiger partial charge is 0.475 e. The normalized spacial score (nSPS) is 11.6. The molecule has 2 aromatic rings. The summed E-state index contributed by atoms with van der Waals surface area (Å²) in [4.78, 5) is 10.6. The molecule has 0 radical (unpaired) electrons. The van der Waals surface area contributed by atoms with E-state index in [-0.39, 0.29) is 6.54 Å². The van der Waals surface area contributed by atoms with Crippen molar-refractivity contribution >= 4 is 16.0 Å². The molecule has 0 bridgehead atoms. The molecule has 2 rings (SSSR count). The van der Waals surface area contributed by atoms with E-state index < -0.39 is 26.8 Å². The highest BCUT2D eigenvalue weighted by Gasteiger charge is 2.20. The van der Waals surface area contributed by atoms with E-state index >= 15 is 0 Å². The molecule has 0 aliphatic rings. The summed E-state index contributed by atoms with van der Waals surface area (Å²) in [6.07, 6.45) is 1.49. The lowest BCUT2D eigenvalue weighted by Crippen LogP contribution is -2.23. The molecule has 0 aliphatic carbocycles. The van der Waals surface area contributed by atoms with Gasteiger partial charge >= 0.3 is 5.97 Å². The lowest BCUT2D eigenvalue weighted by atomic mass is 10.4. The van der Waals surface area contributed by atoms with Crippen LogP contribution >= 0.6 is 0 Å². The summed E-state index contributed by atoms with van der Waals surface area (Å²) in [5, 5.41) is 14.4. The van der Waals surface area contributed by atoms with E-state index in [0.29, 0.717) is 5.69 Å². The Kier molecular flexibility index (Phi) is 3.17. The van der Waals surface area contributed by atoms with Crippen molar-refractivity contribution in [1.29, 1.82) is 0 Å². The highest BCUT2D eigenvalue weighted by molar-refractivity contribution is 7.89. The van der Waals surface area contributed by atoms with Crippen molar-refractivity contribution in [2.24, 2.45) is 0 Å². The summed E-state index contributed by atoms with van der Waals surface area (Å²) < 4.78 is 30.4. The number of furan rings is 1. The quantitative estimate of drug-likeness (QED) is 0.712. The van der Waals surface area contributed by atoms with Crippen LogP contribution in [0.1, 0.15) is 16.2 Å². The maximum atomic E-state index is 11.7. The molecule has 0 aromatic carbocycles. The SMILES string of the molecule is O=C(O)c1ccc(S(=O)(=O)NCc2ccn[nH]2)o1. The first-order valence-electron chi connectivity index (χ1n) is 4.80. The van der Waals surface area contributed by atoms with E-state index in [9.17, 15) is 13.2 Å². The van der Waals surface area contributed by atoms with Gasteiger partial charge in [0.05, 0.1) is 12.2 Å². The second-order valence-corrected chi connectivity index (χ2v) is 5.03. The number of H-pyrrole nitrogens is 1. The zero-order chi connectivity index (χ0) is 13.2. The number of carbonyl (C=O) groups is 1. The molecule has 96 valence electrons. The summed E-state index contributed by atoms with van der Waals surface area (Å²) >= 11 is 0. The predicted octanol–water partition coefficient (Wildman–Crippen LogP) is 0.179. The van der Waals surface area contributed by atoms with Crippen LogP contribution in [-0.2, 0) is 16.6 Å². The number of nitrogens with zero attached hydrogens (tertiary/aromatic N) is 1. The Morgan fingerprint density at radius 2 is 2.22 bits per heavy atom. The zero-order valence-electron chi connectivity index (χ0n) is 8.95. The molecule has 0 saturated carbocycles. The molecule has 8 nitrogen and oxygen atoms in total. The Balaban J connectivity index is 2.12. The van der Waals surface area contributed by atoms with Crippen LogP contribution in [0.4, 0.5) is 0 Å². The van der Waals surface area contributed by atoms with Crippen molar-refractivity contribution in [3.8, 4) is 0 Å². The third kappa shape index (κ3) is 2.57. The highest BCUT2D eigenvalue weighted by Crippen LogP contribution is 2.13. The molecule has 3 N–H and O–H groups in total. The number of rotatable bonds is 5. The number of aromatic nitrogens is 2. The first-order chi connectivity index (χ1) is 8.49. The molecule has 9 heteroatoms. The van der Waals surface area contributed by atoms with Crippen molar-refractivity contribution in [1.82, 2.24) is 14.9 Å². The van der Waals surface area contributed by atoms with E-state index in [4.69, 9.17) is 9.52 Å². The standard InChI is InChI=1S/C9H9N3O5S/c13-9(14)7-1-2-8(17-7)18(15,16)11-5-6-3-4-10-12-6/h1-4,11H,5H2,(H,10,12)(H,13,14). The molecule has 0 saturated heterocycles. The number of carboxylic acid groups (broad SMARTS) is 1. The summed E-state index contributed by atoms with van der Waals surface area (Å²) in [5.41, 5.74) is 0.573. The van der Waals surface area contributed by atoms with Gasteiger partial charge in [0.15, 0.2) is 0 Å². The zero-order valence-corrected chi connectivity index (χ0v) is 9.77. The van der Waals surface area contributed by atoms with Crippen LogP contribution in [0.25, 0.3) is 0 Å². The van der Waals surface area contributed by atoms with Gasteiger partial charge in [-0.2, -0.15) is 5.10 Å². The summed E-state index contributed by atoms with van der Waals surface area (Å²) in [6, 6.07) is 3.76. The lowest BCUT2D eigenvalue weighted by molar-refractivity contribution is 0.0656. The van der Waals surface area contributed by atoms with E-state index in [1.807, 2.05) is 0 Å². The summed E-state index contributed by atoms with van der Waals surface area (Å²) in [7, 11) is -3.88. The number of hydrogen-bond acceptors (Lipinski definition) is 5. The average Bonchev–Trinajstić information content (AvgIpc) is 2.98. The van der Waals surface area contributed by atoms with Crippen molar-refractivity contribution < 1.29 is 22.7 Å². The Hall–Kier alpha value is -2.13. The fourth-order valence-electron chi connectivity index (χ4n) is 1.21. The number of sulfonamides is 1. The predicted molar refractivity (Wildman–Crippen MR) is 58.3 cm³/mol. The topological polar surface area (TPSA) is 125 Å². The molecule has 0 unspecified atom stereocenters. The van der Waals surface area contributed by atoms with Crippen molar-refractivity contribution in [3.63, 3.8) is 0 Å². The highest BCUT2D eigenvalue weighted by atomic mass is 32.2. The molecular formula is C9H9N3O5S. The number of hydrogen-bond donors (Lipinski definition) is 3. The number of aromatic carboxylic acids is 1. The van der Waals surface area contributed by atoms with Gasteiger partial charge in [0.25, 0.3) is 10.0 Å². The van der Waals surface area contributed by atoms with Crippen LogP contribution in [0.2, 0.25) is 0 Å². The molecule has 18 heavy (non-hydrogen) atoms. The Labute approximate surface area is 102 Å². The number of aromatic amines is 1. The monoisotopic (exact) mass is 271 g/mol. The van der Waals surface area contributed by atoms with Gasteiger partial charge < -0.3 is 9.52 Å². The smallest absolute Gasteiger partial charge is 0.371 e. The van der Waals surface area contributed by atoms with E-state index in [2.05, 4.69) is 14.9 Å². The first-order valence-corrected chi connectivity index (χ1v) is 6.28. The molecule has 0 aliphatic heterocycles. The number of nitrogens with one attached hydrogen (secondary N) is 2. The summed E-state index contributed by atoms with van der Waals surface area (Å²) in [6.45, 7) is 0.00539. The minimum Gasteiger partial charge on any atom is -0.475 e. The van der Waals surface area contributed by atoms with Crippen molar-refractivity contribution in [2.45, 2.75) is 11.6 Å². The van der Waals surface area contributed by atoms with Crippen LogP contribution in [0.15, 0.2) is 33.9 Å². The molecule has 0 fully saturated rings. The van der Waals surface area contributed by atoms with E-state index in [1.54, 1.807) is 6.07 Å². The summed E-state index contributed by atoms with van der Waals surface area (Å²) in [5.74, 6) is -1.76. The maximum absolute atomic E-state index is 11.7. The third-order valence-corrected chi connectivity index (χ3v) is 3.34. The van der Waals surface area contributed by atoms with Gasteiger partial charge in [-0.3, -0.25) is 5.10 Å². The molecule has 2 aromatic heterocycles. The van der Waals surface area contributed by atoms with Crippen molar-refractivity contribution in [3.05, 3.63) is 35.9 Å². The minimum atomic E-state index is -3.88. The van der Waals surface area contributed by atoms with Gasteiger partial charge in [0.1, 0.15) is 0 Å². The lowest BCUT2D eigenvalue weighted by Gasteiger charge is -2.01. The van der Waals surface area contributed by atoms with E-state index in [0.717, 1.165) is 12.1 Å². The van der Waals surface area contributed by atoms with Gasteiger partial charge in [0.2, 0.25) is 10.9 Å². The first kappa shape index (κ1) is 12.3. The van der Waals surface area contributed by atoms with E-state index in [1.165, 1.54) is 6.20 Å². The fourth-order valence-corrected chi connectivity index (χ4v) is 2.14. The van der Waals surface area contributed by atoms with Gasteiger partial charge in [-0.1, -0.05) is 0 Å². The van der Waals surface area contributed by atoms with Gasteiger partial charge in [-0.15, -0.1) is 0 Å². The molecule has 0 amide bonds. The Morgan fingerprint density at radius 1 is 1.44 bits per heavy atom. The Bertz CT molecular complexity index is 644. The Morgan fingerprint density at radius 3 is 2.78 bits per heavy atom. The van der Waals surface area contributed by atoms with Crippen LogP contribution < -0.4 is 4.72 Å². The maximum Gasteiger partial charge on any atom is 0.371 e. The van der Waals surface area contributed by atoms with Crippen molar-refractivity contribution in [2.75, 3.05) is 0 Å². The average molecular weight is 271 g/mol. The second kappa shape index (κ2) is 4.63. The third-order valence-electron chi connectivity index (χ3n) is 2.07. The molecule has 2 heterocycles. The number of carboxylic acids is 1. The molecule has 0 atom stereocenters. The van der Waals surface area contributed by atoms with Crippen LogP contribution in [0.3, 0.4) is 0 Å². The minimum absolute atomic E-state index is 0.00539. The fraction of sp³-hybridized carbons (Fsp3) is 0.111. The molecular weight excluding hydrogens is 262 g/mol. The second-order valence-electron chi connectivity index (χ2n) is 3.33. The van der Waals surface area contributed by atoms with Gasteiger partial charge in [-0.05, 0) is 18.2 Å². The van der Waals surface area contributed by atoms with Crippen LogP contribution in [0.5, 0.6) is 0 Å².